The predicted molar refractivity (Wildman–Crippen MR) is 75.2 cm³/mol. The number of hydrogen-bond acceptors (Lipinski definition) is 2. The summed E-state index contributed by atoms with van der Waals surface area (Å²) >= 11 is 0. The number of carbonyl (C=O) groups is 1. The maximum absolute atomic E-state index is 12.2. The highest BCUT2D eigenvalue weighted by molar-refractivity contribution is 6.06. The molecule has 2 N–H and O–H groups in total. The number of nitrogens with zero attached hydrogens (tertiary/aromatic N) is 1. The number of hydrogen-bond donors (Lipinski definition) is 2. The van der Waals surface area contributed by atoms with Crippen LogP contribution in [-0.4, -0.2) is 15.9 Å². The van der Waals surface area contributed by atoms with Gasteiger partial charge in [-0.3, -0.25) is 9.78 Å². The van der Waals surface area contributed by atoms with Gasteiger partial charge < -0.3 is 10.3 Å². The first-order chi connectivity index (χ1) is 9.24. The molecule has 4 heteroatoms. The molecule has 0 saturated carbocycles. The summed E-state index contributed by atoms with van der Waals surface area (Å²) in [7, 11) is 0. The van der Waals surface area contributed by atoms with Crippen LogP contribution in [-0.2, 0) is 0 Å². The van der Waals surface area contributed by atoms with Crippen LogP contribution in [0.1, 0.15) is 15.9 Å². The van der Waals surface area contributed by atoms with Crippen LogP contribution in [0.5, 0.6) is 0 Å². The fourth-order valence-electron chi connectivity index (χ4n) is 1.98. The summed E-state index contributed by atoms with van der Waals surface area (Å²) in [5.41, 5.74) is 3.30. The van der Waals surface area contributed by atoms with E-state index in [9.17, 15) is 4.79 Å². The van der Waals surface area contributed by atoms with Crippen molar-refractivity contribution in [2.45, 2.75) is 6.92 Å². The average Bonchev–Trinajstić information content (AvgIpc) is 2.88. The maximum atomic E-state index is 12.2. The van der Waals surface area contributed by atoms with E-state index in [1.807, 2.05) is 43.5 Å². The Morgan fingerprint density at radius 1 is 1.26 bits per heavy atom. The molecule has 0 bridgehead atoms. The Hall–Kier alpha value is -2.62. The zero-order chi connectivity index (χ0) is 13.2. The topological polar surface area (TPSA) is 57.8 Å². The fourth-order valence-corrected chi connectivity index (χ4v) is 1.98. The Bertz CT molecular complexity index is 746. The number of H-pyrrole nitrogens is 1. The van der Waals surface area contributed by atoms with Crippen molar-refractivity contribution in [2.24, 2.45) is 0 Å². The predicted octanol–water partition coefficient (Wildman–Crippen LogP) is 3.12. The highest BCUT2D eigenvalue weighted by Crippen LogP contribution is 2.17. The van der Waals surface area contributed by atoms with Crippen LogP contribution in [0.2, 0.25) is 0 Å². The van der Waals surface area contributed by atoms with E-state index in [2.05, 4.69) is 15.3 Å². The normalized spacial score (nSPS) is 10.6. The van der Waals surface area contributed by atoms with Gasteiger partial charge in [0.1, 0.15) is 0 Å². The number of aryl methyl sites for hydroxylation is 1. The van der Waals surface area contributed by atoms with E-state index in [4.69, 9.17) is 0 Å². The van der Waals surface area contributed by atoms with Crippen LogP contribution >= 0.6 is 0 Å². The molecule has 0 aliphatic rings. The van der Waals surface area contributed by atoms with E-state index in [-0.39, 0.29) is 5.91 Å². The highest BCUT2D eigenvalue weighted by atomic mass is 16.1. The van der Waals surface area contributed by atoms with Crippen molar-refractivity contribution in [3.05, 3.63) is 60.0 Å². The number of amides is 1. The Balaban J connectivity index is 1.89. The first-order valence-corrected chi connectivity index (χ1v) is 6.03. The summed E-state index contributed by atoms with van der Waals surface area (Å²) in [6.45, 7) is 1.94. The molecule has 0 aliphatic heterocycles. The maximum Gasteiger partial charge on any atom is 0.255 e. The number of fused-ring (bicyclic) bond motifs is 1. The molecular formula is C15H13N3O. The van der Waals surface area contributed by atoms with Crippen LogP contribution in [0.4, 0.5) is 5.69 Å². The summed E-state index contributed by atoms with van der Waals surface area (Å²) in [6, 6.07) is 9.43. The monoisotopic (exact) mass is 251 g/mol. The second kappa shape index (κ2) is 4.57. The van der Waals surface area contributed by atoms with Crippen LogP contribution < -0.4 is 5.32 Å². The molecule has 0 unspecified atom stereocenters. The number of pyridine rings is 1. The fraction of sp³-hybridized carbons (Fsp3) is 0.0667. The minimum atomic E-state index is -0.132. The van der Waals surface area contributed by atoms with Gasteiger partial charge >= 0.3 is 0 Å². The van der Waals surface area contributed by atoms with Crippen molar-refractivity contribution in [1.82, 2.24) is 9.97 Å². The van der Waals surface area contributed by atoms with Crippen LogP contribution in [0.3, 0.4) is 0 Å². The van der Waals surface area contributed by atoms with Gasteiger partial charge in [-0.25, -0.2) is 0 Å². The van der Waals surface area contributed by atoms with Crippen molar-refractivity contribution in [1.29, 1.82) is 0 Å². The molecule has 19 heavy (non-hydrogen) atoms. The number of nitrogens with one attached hydrogen (secondary N) is 2. The molecule has 1 amide bonds. The molecule has 0 spiro atoms. The first-order valence-electron chi connectivity index (χ1n) is 6.03. The third-order valence-corrected chi connectivity index (χ3v) is 3.10. The molecule has 2 aromatic heterocycles. The van der Waals surface area contributed by atoms with E-state index >= 15 is 0 Å². The Labute approximate surface area is 110 Å². The molecule has 0 radical (unpaired) electrons. The van der Waals surface area contributed by atoms with Gasteiger partial charge in [-0.2, -0.15) is 0 Å². The van der Waals surface area contributed by atoms with Crippen LogP contribution in [0, 0.1) is 6.92 Å². The number of benzene rings is 1. The quantitative estimate of drug-likeness (QED) is 0.735. The Kier molecular flexibility index (Phi) is 2.76. The van der Waals surface area contributed by atoms with Crippen LogP contribution in [0.25, 0.3) is 10.9 Å². The van der Waals surface area contributed by atoms with Gasteiger partial charge in [0.2, 0.25) is 0 Å². The van der Waals surface area contributed by atoms with Crippen molar-refractivity contribution in [2.75, 3.05) is 5.32 Å². The van der Waals surface area contributed by atoms with E-state index in [1.165, 1.54) is 0 Å². The average molecular weight is 251 g/mol. The minimum Gasteiger partial charge on any atom is -0.361 e. The van der Waals surface area contributed by atoms with Gasteiger partial charge in [-0.1, -0.05) is 6.07 Å². The molecule has 4 nitrogen and oxygen atoms in total. The summed E-state index contributed by atoms with van der Waals surface area (Å²) < 4.78 is 0. The van der Waals surface area contributed by atoms with Gasteiger partial charge in [0.25, 0.3) is 5.91 Å². The Morgan fingerprint density at radius 3 is 3.00 bits per heavy atom. The summed E-state index contributed by atoms with van der Waals surface area (Å²) in [5.74, 6) is -0.132. The molecule has 0 atom stereocenters. The molecule has 0 aliphatic carbocycles. The lowest BCUT2D eigenvalue weighted by Gasteiger charge is -2.07. The smallest absolute Gasteiger partial charge is 0.255 e. The number of anilines is 1. The molecule has 0 fully saturated rings. The molecule has 94 valence electrons. The molecule has 2 heterocycles. The molecule has 1 aromatic carbocycles. The molecular weight excluding hydrogens is 238 g/mol. The third kappa shape index (κ3) is 2.20. The Morgan fingerprint density at radius 2 is 2.16 bits per heavy atom. The standard InChI is InChI=1S/C15H13N3O/c1-10-4-6-16-9-14(10)18-15(19)12-3-2-11-5-7-17-13(11)8-12/h2-9,17H,1H3,(H,18,19). The number of aromatic nitrogens is 2. The lowest BCUT2D eigenvalue weighted by atomic mass is 10.1. The third-order valence-electron chi connectivity index (χ3n) is 3.10. The van der Waals surface area contributed by atoms with Gasteiger partial charge in [0, 0.05) is 23.5 Å². The van der Waals surface area contributed by atoms with E-state index in [0.717, 1.165) is 22.2 Å². The molecule has 0 saturated heterocycles. The first kappa shape index (κ1) is 11.5. The van der Waals surface area contributed by atoms with Gasteiger partial charge in [0.15, 0.2) is 0 Å². The van der Waals surface area contributed by atoms with Crippen molar-refractivity contribution in [3.63, 3.8) is 0 Å². The van der Waals surface area contributed by atoms with Gasteiger partial charge in [0.05, 0.1) is 11.9 Å². The summed E-state index contributed by atoms with van der Waals surface area (Å²) in [5, 5.41) is 3.96. The SMILES string of the molecule is Cc1ccncc1NC(=O)c1ccc2cc[nH]c2c1. The number of rotatable bonds is 2. The van der Waals surface area contributed by atoms with Crippen LogP contribution in [0.15, 0.2) is 48.9 Å². The summed E-state index contributed by atoms with van der Waals surface area (Å²) in [4.78, 5) is 19.3. The lowest BCUT2D eigenvalue weighted by Crippen LogP contribution is -2.12. The zero-order valence-electron chi connectivity index (χ0n) is 10.5. The van der Waals surface area contributed by atoms with E-state index in [1.54, 1.807) is 12.4 Å². The van der Waals surface area contributed by atoms with E-state index in [0.29, 0.717) is 5.56 Å². The molecule has 3 rings (SSSR count). The van der Waals surface area contributed by atoms with E-state index < -0.39 is 0 Å². The largest absolute Gasteiger partial charge is 0.361 e. The van der Waals surface area contributed by atoms with Crippen molar-refractivity contribution >= 4 is 22.5 Å². The van der Waals surface area contributed by atoms with Gasteiger partial charge in [-0.15, -0.1) is 0 Å². The zero-order valence-corrected chi connectivity index (χ0v) is 10.5. The number of aromatic amines is 1. The second-order valence-corrected chi connectivity index (χ2v) is 4.42. The number of carbonyl (C=O) groups excluding carboxylic acids is 1. The van der Waals surface area contributed by atoms with Gasteiger partial charge in [-0.05, 0) is 42.1 Å². The van der Waals surface area contributed by atoms with Crippen molar-refractivity contribution in [3.8, 4) is 0 Å². The second-order valence-electron chi connectivity index (χ2n) is 4.42. The lowest BCUT2D eigenvalue weighted by molar-refractivity contribution is 0.102. The van der Waals surface area contributed by atoms with Crippen molar-refractivity contribution < 1.29 is 4.79 Å². The highest BCUT2D eigenvalue weighted by Gasteiger charge is 2.08. The summed E-state index contributed by atoms with van der Waals surface area (Å²) in [6.07, 6.45) is 5.22. The minimum absolute atomic E-state index is 0.132. The molecule has 3 aromatic rings.